The van der Waals surface area contributed by atoms with Crippen LogP contribution in [0.2, 0.25) is 0 Å². The minimum absolute atomic E-state index is 0.183. The zero-order chi connectivity index (χ0) is 11.4. The van der Waals surface area contributed by atoms with Crippen LogP contribution in [0.1, 0.15) is 0 Å². The summed E-state index contributed by atoms with van der Waals surface area (Å²) in [5.41, 5.74) is 6.82. The van der Waals surface area contributed by atoms with Crippen molar-refractivity contribution in [3.05, 3.63) is 21.8 Å². The second-order valence-corrected chi connectivity index (χ2v) is 4.18. The predicted molar refractivity (Wildman–Crippen MR) is 64.1 cm³/mol. The minimum atomic E-state index is -2.73. The monoisotopic (exact) mass is 328 g/mol. The summed E-state index contributed by atoms with van der Waals surface area (Å²) in [4.78, 5) is 0. The first kappa shape index (κ1) is 12.4. The fourth-order valence-corrected chi connectivity index (χ4v) is 1.71. The Labute approximate surface area is 99.8 Å². The maximum Gasteiger partial charge on any atom is 0.265 e. The molecule has 0 aliphatic carbocycles. The van der Waals surface area contributed by atoms with E-state index >= 15 is 0 Å². The molecule has 1 rings (SSSR count). The second kappa shape index (κ2) is 5.45. The van der Waals surface area contributed by atoms with Crippen LogP contribution < -0.4 is 11.1 Å². The predicted octanol–water partition coefficient (Wildman–Crippen LogP) is 1.91. The van der Waals surface area contributed by atoms with Gasteiger partial charge in [0.25, 0.3) is 6.43 Å². The summed E-state index contributed by atoms with van der Waals surface area (Å²) in [5.74, 6) is 0. The van der Waals surface area contributed by atoms with Crippen molar-refractivity contribution >= 4 is 34.0 Å². The van der Waals surface area contributed by atoms with E-state index in [2.05, 4.69) is 5.32 Å². The van der Waals surface area contributed by atoms with Crippen molar-refractivity contribution in [1.82, 2.24) is 0 Å². The first-order valence-electron chi connectivity index (χ1n) is 4.26. The lowest BCUT2D eigenvalue weighted by Gasteiger charge is -2.13. The van der Waals surface area contributed by atoms with E-state index in [9.17, 15) is 8.78 Å². The van der Waals surface area contributed by atoms with Gasteiger partial charge < -0.3 is 16.2 Å². The first-order valence-corrected chi connectivity index (χ1v) is 5.33. The highest BCUT2D eigenvalue weighted by atomic mass is 127. The number of halogens is 3. The van der Waals surface area contributed by atoms with Crippen molar-refractivity contribution in [2.45, 2.75) is 12.5 Å². The maximum atomic E-state index is 12.0. The van der Waals surface area contributed by atoms with Crippen LogP contribution in [0, 0.1) is 3.57 Å². The largest absolute Gasteiger partial charge is 0.399 e. The summed E-state index contributed by atoms with van der Waals surface area (Å²) in [7, 11) is 0. The molecule has 4 N–H and O–H groups in total. The molecule has 0 heterocycles. The van der Waals surface area contributed by atoms with Gasteiger partial charge >= 0.3 is 0 Å². The van der Waals surface area contributed by atoms with Crippen molar-refractivity contribution < 1.29 is 13.9 Å². The van der Waals surface area contributed by atoms with Crippen molar-refractivity contribution in [2.24, 2.45) is 0 Å². The SMILES string of the molecule is Nc1ccc(NCC(O)C(F)F)c(I)c1. The Balaban J connectivity index is 2.58. The summed E-state index contributed by atoms with van der Waals surface area (Å²) >= 11 is 2.04. The van der Waals surface area contributed by atoms with Gasteiger partial charge in [-0.05, 0) is 40.8 Å². The highest BCUT2D eigenvalue weighted by Gasteiger charge is 2.16. The van der Waals surface area contributed by atoms with Crippen LogP contribution in [0.5, 0.6) is 0 Å². The molecule has 0 radical (unpaired) electrons. The number of hydrogen-bond donors (Lipinski definition) is 3. The number of hydrogen-bond acceptors (Lipinski definition) is 3. The number of nitrogens with one attached hydrogen (secondary N) is 1. The summed E-state index contributed by atoms with van der Waals surface area (Å²) < 4.78 is 24.8. The Morgan fingerprint density at radius 3 is 2.67 bits per heavy atom. The van der Waals surface area contributed by atoms with E-state index in [-0.39, 0.29) is 6.54 Å². The van der Waals surface area contributed by atoms with Crippen molar-refractivity contribution in [2.75, 3.05) is 17.6 Å². The lowest BCUT2D eigenvalue weighted by Crippen LogP contribution is -2.27. The van der Waals surface area contributed by atoms with Gasteiger partial charge in [0.2, 0.25) is 0 Å². The number of aliphatic hydroxyl groups excluding tert-OH is 1. The molecule has 1 unspecified atom stereocenters. The van der Waals surface area contributed by atoms with Crippen LogP contribution in [-0.4, -0.2) is 24.2 Å². The summed E-state index contributed by atoms with van der Waals surface area (Å²) in [6.07, 6.45) is -4.39. The average molecular weight is 328 g/mol. The van der Waals surface area contributed by atoms with Gasteiger partial charge in [-0.3, -0.25) is 0 Å². The van der Waals surface area contributed by atoms with Crippen molar-refractivity contribution in [3.8, 4) is 0 Å². The summed E-state index contributed by atoms with van der Waals surface area (Å²) in [6, 6.07) is 5.08. The van der Waals surface area contributed by atoms with E-state index in [1.54, 1.807) is 18.2 Å². The Bertz CT molecular complexity index is 336. The molecule has 3 nitrogen and oxygen atoms in total. The van der Waals surface area contributed by atoms with E-state index in [0.29, 0.717) is 11.4 Å². The van der Waals surface area contributed by atoms with E-state index in [0.717, 1.165) is 3.57 Å². The molecule has 0 saturated heterocycles. The molecule has 1 atom stereocenters. The molecule has 84 valence electrons. The molecule has 1 aromatic rings. The lowest BCUT2D eigenvalue weighted by molar-refractivity contribution is 0.00384. The van der Waals surface area contributed by atoms with E-state index in [4.69, 9.17) is 10.8 Å². The van der Waals surface area contributed by atoms with Crippen LogP contribution in [0.4, 0.5) is 20.2 Å². The normalized spacial score (nSPS) is 12.9. The molecule has 0 aliphatic heterocycles. The Kier molecular flexibility index (Phi) is 4.52. The molecule has 6 heteroatoms. The molecule has 0 aliphatic rings. The van der Waals surface area contributed by atoms with Gasteiger partial charge in [0, 0.05) is 21.5 Å². The van der Waals surface area contributed by atoms with Crippen LogP contribution in [0.15, 0.2) is 18.2 Å². The van der Waals surface area contributed by atoms with Gasteiger partial charge in [0.1, 0.15) is 6.10 Å². The summed E-state index contributed by atoms with van der Waals surface area (Å²) in [6.45, 7) is -0.183. The summed E-state index contributed by atoms with van der Waals surface area (Å²) in [5, 5.41) is 11.6. The van der Waals surface area contributed by atoms with Crippen molar-refractivity contribution in [3.63, 3.8) is 0 Å². The number of alkyl halides is 2. The van der Waals surface area contributed by atoms with Gasteiger partial charge in [-0.15, -0.1) is 0 Å². The van der Waals surface area contributed by atoms with E-state index in [1.807, 2.05) is 22.6 Å². The number of nitrogen functional groups attached to an aromatic ring is 1. The number of anilines is 2. The average Bonchev–Trinajstić information content (AvgIpc) is 2.15. The fourth-order valence-electron chi connectivity index (χ4n) is 0.978. The molecule has 0 bridgehead atoms. The molecule has 1 aromatic carbocycles. The Morgan fingerprint density at radius 1 is 1.47 bits per heavy atom. The second-order valence-electron chi connectivity index (χ2n) is 3.02. The molecular formula is C9H11F2IN2O. The van der Waals surface area contributed by atoms with Gasteiger partial charge in [-0.1, -0.05) is 0 Å². The third kappa shape index (κ3) is 3.78. The molecule has 0 fully saturated rings. The Morgan fingerprint density at radius 2 is 2.13 bits per heavy atom. The van der Waals surface area contributed by atoms with Gasteiger partial charge in [0.15, 0.2) is 0 Å². The zero-order valence-corrected chi connectivity index (χ0v) is 9.91. The van der Waals surface area contributed by atoms with E-state index < -0.39 is 12.5 Å². The highest BCUT2D eigenvalue weighted by Crippen LogP contribution is 2.20. The quantitative estimate of drug-likeness (QED) is 0.585. The number of aliphatic hydroxyl groups is 1. The topological polar surface area (TPSA) is 58.3 Å². The standard InChI is InChI=1S/C9H11F2IN2O/c10-9(11)8(15)4-14-7-2-1-5(13)3-6(7)12/h1-3,8-9,14-15H,4,13H2. The van der Waals surface area contributed by atoms with E-state index in [1.165, 1.54) is 0 Å². The fraction of sp³-hybridized carbons (Fsp3) is 0.333. The number of nitrogens with two attached hydrogens (primary N) is 1. The number of benzene rings is 1. The third-order valence-electron chi connectivity index (χ3n) is 1.79. The molecule has 0 spiro atoms. The van der Waals surface area contributed by atoms with Crippen molar-refractivity contribution in [1.29, 1.82) is 0 Å². The number of rotatable bonds is 4. The molecular weight excluding hydrogens is 317 g/mol. The zero-order valence-electron chi connectivity index (χ0n) is 7.75. The molecule has 0 aromatic heterocycles. The minimum Gasteiger partial charge on any atom is -0.399 e. The van der Waals surface area contributed by atoms with Crippen LogP contribution in [-0.2, 0) is 0 Å². The highest BCUT2D eigenvalue weighted by molar-refractivity contribution is 14.1. The maximum absolute atomic E-state index is 12.0. The van der Waals surface area contributed by atoms with Gasteiger partial charge in [-0.2, -0.15) is 0 Å². The van der Waals surface area contributed by atoms with Gasteiger partial charge in [-0.25, -0.2) is 8.78 Å². The smallest absolute Gasteiger partial charge is 0.265 e. The third-order valence-corrected chi connectivity index (χ3v) is 2.68. The van der Waals surface area contributed by atoms with Crippen LogP contribution in [0.25, 0.3) is 0 Å². The first-order chi connectivity index (χ1) is 7.00. The Hall–Kier alpha value is -0.630. The van der Waals surface area contributed by atoms with Gasteiger partial charge in [0.05, 0.1) is 0 Å². The van der Waals surface area contributed by atoms with Crippen LogP contribution >= 0.6 is 22.6 Å². The molecule has 15 heavy (non-hydrogen) atoms. The molecule has 0 saturated carbocycles. The molecule has 0 amide bonds. The van der Waals surface area contributed by atoms with Crippen LogP contribution in [0.3, 0.4) is 0 Å². The lowest BCUT2D eigenvalue weighted by atomic mass is 10.2.